The van der Waals surface area contributed by atoms with Crippen molar-refractivity contribution < 1.29 is 9.84 Å². The number of nitrogens with two attached hydrogens (primary N) is 1. The number of hydrogen-bond donors (Lipinski definition) is 2. The molecule has 0 spiro atoms. The molecule has 0 amide bonds. The van der Waals surface area contributed by atoms with Crippen LogP contribution >= 0.6 is 0 Å². The van der Waals surface area contributed by atoms with Gasteiger partial charge in [-0.25, -0.2) is 0 Å². The summed E-state index contributed by atoms with van der Waals surface area (Å²) in [6.07, 6.45) is 6.37. The SMILES string of the molecule is Cn1cc(C(O)C2(CN)CC3CCC2O3)cn1. The van der Waals surface area contributed by atoms with Crippen LogP contribution in [0.2, 0.25) is 0 Å². The lowest BCUT2D eigenvalue weighted by molar-refractivity contribution is -0.0264. The number of aromatic nitrogens is 2. The Morgan fingerprint density at radius 1 is 1.71 bits per heavy atom. The van der Waals surface area contributed by atoms with Gasteiger partial charge in [-0.1, -0.05) is 0 Å². The molecule has 2 aliphatic heterocycles. The second-order valence-electron chi connectivity index (χ2n) is 5.32. The Bertz CT molecular complexity index is 420. The summed E-state index contributed by atoms with van der Waals surface area (Å²) in [5.41, 5.74) is 6.46. The van der Waals surface area contributed by atoms with Gasteiger partial charge < -0.3 is 15.6 Å². The summed E-state index contributed by atoms with van der Waals surface area (Å²) >= 11 is 0. The Kier molecular flexibility index (Phi) is 2.50. The normalized spacial score (nSPS) is 37.6. The van der Waals surface area contributed by atoms with Crippen molar-refractivity contribution in [3.8, 4) is 0 Å². The molecule has 0 aromatic carbocycles. The quantitative estimate of drug-likeness (QED) is 0.795. The molecule has 0 saturated carbocycles. The van der Waals surface area contributed by atoms with E-state index in [0.717, 1.165) is 24.8 Å². The monoisotopic (exact) mass is 237 g/mol. The molecule has 3 heterocycles. The lowest BCUT2D eigenvalue weighted by Crippen LogP contribution is -2.44. The number of ether oxygens (including phenoxy) is 1. The summed E-state index contributed by atoms with van der Waals surface area (Å²) in [5.74, 6) is 0. The first-order valence-electron chi connectivity index (χ1n) is 6.18. The van der Waals surface area contributed by atoms with Gasteiger partial charge in [0.1, 0.15) is 0 Å². The van der Waals surface area contributed by atoms with Crippen LogP contribution < -0.4 is 5.73 Å². The van der Waals surface area contributed by atoms with E-state index in [1.807, 2.05) is 13.2 Å². The molecule has 4 unspecified atom stereocenters. The second kappa shape index (κ2) is 3.80. The zero-order valence-corrected chi connectivity index (χ0v) is 10.0. The molecule has 1 aromatic heterocycles. The van der Waals surface area contributed by atoms with Gasteiger partial charge in [0.15, 0.2) is 0 Å². The summed E-state index contributed by atoms with van der Waals surface area (Å²) in [6, 6.07) is 0. The summed E-state index contributed by atoms with van der Waals surface area (Å²) < 4.78 is 7.57. The molecule has 3 N–H and O–H groups in total. The number of fused-ring (bicyclic) bond motifs is 2. The van der Waals surface area contributed by atoms with Crippen molar-refractivity contribution in [1.29, 1.82) is 0 Å². The molecule has 1 aromatic rings. The number of hydrogen-bond acceptors (Lipinski definition) is 4. The van der Waals surface area contributed by atoms with Gasteiger partial charge in [0.2, 0.25) is 0 Å². The minimum Gasteiger partial charge on any atom is -0.388 e. The predicted octanol–water partition coefficient (Wildman–Crippen LogP) is 0.350. The lowest BCUT2D eigenvalue weighted by Gasteiger charge is -2.38. The molecule has 17 heavy (non-hydrogen) atoms. The summed E-state index contributed by atoms with van der Waals surface area (Å²) in [4.78, 5) is 0. The smallest absolute Gasteiger partial charge is 0.0914 e. The van der Waals surface area contributed by atoms with Gasteiger partial charge in [-0.2, -0.15) is 5.10 Å². The third-order valence-electron chi connectivity index (χ3n) is 4.32. The van der Waals surface area contributed by atoms with Crippen molar-refractivity contribution in [2.75, 3.05) is 6.54 Å². The zero-order valence-electron chi connectivity index (χ0n) is 10.0. The average Bonchev–Trinajstić information content (AvgIpc) is 3.02. The fourth-order valence-corrected chi connectivity index (χ4v) is 3.36. The van der Waals surface area contributed by atoms with E-state index in [9.17, 15) is 5.11 Å². The summed E-state index contributed by atoms with van der Waals surface area (Å²) in [6.45, 7) is 0.463. The maximum atomic E-state index is 10.6. The lowest BCUT2D eigenvalue weighted by atomic mass is 9.68. The molecule has 0 aliphatic carbocycles. The highest BCUT2D eigenvalue weighted by molar-refractivity contribution is 5.17. The Hall–Kier alpha value is -0.910. The molecule has 2 saturated heterocycles. The molecule has 5 heteroatoms. The van der Waals surface area contributed by atoms with E-state index in [1.165, 1.54) is 0 Å². The highest BCUT2D eigenvalue weighted by Gasteiger charge is 2.55. The summed E-state index contributed by atoms with van der Waals surface area (Å²) in [7, 11) is 1.85. The molecule has 2 aliphatic rings. The maximum Gasteiger partial charge on any atom is 0.0914 e. The van der Waals surface area contributed by atoms with E-state index in [1.54, 1.807) is 10.9 Å². The van der Waals surface area contributed by atoms with Crippen LogP contribution in [0.5, 0.6) is 0 Å². The van der Waals surface area contributed by atoms with Crippen molar-refractivity contribution in [3.63, 3.8) is 0 Å². The first-order valence-corrected chi connectivity index (χ1v) is 6.18. The number of aliphatic hydroxyl groups is 1. The van der Waals surface area contributed by atoms with E-state index in [-0.39, 0.29) is 17.6 Å². The standard InChI is InChI=1S/C12H19N3O2/c1-15-6-8(5-14-15)11(16)12(7-13)4-9-2-3-10(12)17-9/h5-6,9-11,16H,2-4,7,13H2,1H3. The van der Waals surface area contributed by atoms with Crippen molar-refractivity contribution in [2.45, 2.75) is 37.6 Å². The Labute approximate surface area is 101 Å². The van der Waals surface area contributed by atoms with Gasteiger partial charge in [0.05, 0.1) is 24.5 Å². The van der Waals surface area contributed by atoms with Crippen LogP contribution in [0.25, 0.3) is 0 Å². The Morgan fingerprint density at radius 2 is 2.53 bits per heavy atom. The molecule has 3 rings (SSSR count). The predicted molar refractivity (Wildman–Crippen MR) is 62.2 cm³/mol. The molecule has 0 radical (unpaired) electrons. The minimum absolute atomic E-state index is 0.104. The van der Waals surface area contributed by atoms with Crippen molar-refractivity contribution in [1.82, 2.24) is 9.78 Å². The van der Waals surface area contributed by atoms with E-state index in [2.05, 4.69) is 5.10 Å². The molecule has 94 valence electrons. The number of nitrogens with zero attached hydrogens (tertiary/aromatic N) is 2. The van der Waals surface area contributed by atoms with Crippen LogP contribution in [0.4, 0.5) is 0 Å². The Morgan fingerprint density at radius 3 is 3.00 bits per heavy atom. The van der Waals surface area contributed by atoms with E-state index in [0.29, 0.717) is 6.54 Å². The van der Waals surface area contributed by atoms with Crippen LogP contribution in [0.3, 0.4) is 0 Å². The molecule has 2 bridgehead atoms. The van der Waals surface area contributed by atoms with Crippen molar-refractivity contribution in [2.24, 2.45) is 18.2 Å². The van der Waals surface area contributed by atoms with E-state index >= 15 is 0 Å². The fraction of sp³-hybridized carbons (Fsp3) is 0.750. The average molecular weight is 237 g/mol. The van der Waals surface area contributed by atoms with Crippen molar-refractivity contribution in [3.05, 3.63) is 18.0 Å². The van der Waals surface area contributed by atoms with E-state index < -0.39 is 6.10 Å². The van der Waals surface area contributed by atoms with Crippen molar-refractivity contribution >= 4 is 0 Å². The van der Waals surface area contributed by atoms with E-state index in [4.69, 9.17) is 10.5 Å². The number of aliphatic hydroxyl groups excluding tert-OH is 1. The molecule has 2 fully saturated rings. The third kappa shape index (κ3) is 1.53. The van der Waals surface area contributed by atoms with Crippen LogP contribution in [0.1, 0.15) is 30.9 Å². The van der Waals surface area contributed by atoms with Gasteiger partial charge >= 0.3 is 0 Å². The van der Waals surface area contributed by atoms with Crippen LogP contribution in [-0.4, -0.2) is 33.6 Å². The number of rotatable bonds is 3. The number of aryl methyl sites for hydroxylation is 1. The van der Waals surface area contributed by atoms with Gasteiger partial charge in [-0.05, 0) is 19.3 Å². The first kappa shape index (κ1) is 11.2. The van der Waals surface area contributed by atoms with Gasteiger partial charge in [-0.15, -0.1) is 0 Å². The van der Waals surface area contributed by atoms with Gasteiger partial charge in [0.25, 0.3) is 0 Å². The topological polar surface area (TPSA) is 73.3 Å². The second-order valence-corrected chi connectivity index (χ2v) is 5.32. The summed E-state index contributed by atoms with van der Waals surface area (Å²) in [5, 5.41) is 14.7. The van der Waals surface area contributed by atoms with Crippen LogP contribution in [0, 0.1) is 5.41 Å². The van der Waals surface area contributed by atoms with Gasteiger partial charge in [-0.3, -0.25) is 4.68 Å². The highest BCUT2D eigenvalue weighted by Crippen LogP contribution is 2.53. The van der Waals surface area contributed by atoms with Crippen LogP contribution in [0.15, 0.2) is 12.4 Å². The highest BCUT2D eigenvalue weighted by atomic mass is 16.5. The molecular formula is C12H19N3O2. The molecule has 5 nitrogen and oxygen atoms in total. The maximum absolute atomic E-state index is 10.6. The van der Waals surface area contributed by atoms with Crippen LogP contribution in [-0.2, 0) is 11.8 Å². The fourth-order valence-electron chi connectivity index (χ4n) is 3.36. The largest absolute Gasteiger partial charge is 0.388 e. The Balaban J connectivity index is 1.91. The van der Waals surface area contributed by atoms with Gasteiger partial charge in [0, 0.05) is 30.8 Å². The third-order valence-corrected chi connectivity index (χ3v) is 4.32. The molecule has 4 atom stereocenters. The zero-order chi connectivity index (χ0) is 12.0. The molecular weight excluding hydrogens is 218 g/mol. The minimum atomic E-state index is -0.573. The first-order chi connectivity index (χ1) is 8.15.